The van der Waals surface area contributed by atoms with Gasteiger partial charge < -0.3 is 10.4 Å². The fourth-order valence-corrected chi connectivity index (χ4v) is 3.72. The van der Waals surface area contributed by atoms with Gasteiger partial charge in [0.05, 0.1) is 6.26 Å². The summed E-state index contributed by atoms with van der Waals surface area (Å²) in [6.45, 7) is 3.21. The number of nitrogens with zero attached hydrogens (tertiary/aromatic N) is 1. The SMILES string of the molecule is CCC(NC1CCN(S(C)(=O)=O)CC1)c1ccccc1O. The number of sulfonamides is 1. The highest BCUT2D eigenvalue weighted by atomic mass is 32.2. The van der Waals surface area contributed by atoms with Crippen LogP contribution < -0.4 is 5.32 Å². The zero-order valence-electron chi connectivity index (χ0n) is 12.6. The molecule has 0 bridgehead atoms. The maximum atomic E-state index is 11.5. The molecule has 1 heterocycles. The fourth-order valence-electron chi connectivity index (χ4n) is 2.85. The number of rotatable bonds is 5. The van der Waals surface area contributed by atoms with Crippen LogP contribution in [-0.2, 0) is 10.0 Å². The highest BCUT2D eigenvalue weighted by Gasteiger charge is 2.26. The van der Waals surface area contributed by atoms with Crippen LogP contribution in [0, 0.1) is 0 Å². The summed E-state index contributed by atoms with van der Waals surface area (Å²) in [6, 6.07) is 7.75. The molecule has 118 valence electrons. The lowest BCUT2D eigenvalue weighted by Crippen LogP contribution is -2.45. The van der Waals surface area contributed by atoms with Gasteiger partial charge in [-0.3, -0.25) is 0 Å². The van der Waals surface area contributed by atoms with Crippen LogP contribution in [0.5, 0.6) is 5.75 Å². The molecule has 21 heavy (non-hydrogen) atoms. The van der Waals surface area contributed by atoms with Crippen molar-refractivity contribution in [2.24, 2.45) is 0 Å². The predicted octanol–water partition coefficient (Wildman–Crippen LogP) is 1.86. The van der Waals surface area contributed by atoms with E-state index in [2.05, 4.69) is 12.2 Å². The second-order valence-electron chi connectivity index (χ2n) is 5.62. The van der Waals surface area contributed by atoms with Crippen LogP contribution in [0.4, 0.5) is 0 Å². The monoisotopic (exact) mass is 312 g/mol. The minimum absolute atomic E-state index is 0.0981. The molecular weight excluding hydrogens is 288 g/mol. The van der Waals surface area contributed by atoms with E-state index < -0.39 is 10.0 Å². The van der Waals surface area contributed by atoms with Gasteiger partial charge in [0.2, 0.25) is 10.0 Å². The molecule has 1 saturated heterocycles. The van der Waals surface area contributed by atoms with Crippen molar-refractivity contribution in [2.45, 2.75) is 38.3 Å². The normalized spacial score (nSPS) is 19.5. The van der Waals surface area contributed by atoms with Gasteiger partial charge in [0.1, 0.15) is 5.75 Å². The van der Waals surface area contributed by atoms with Gasteiger partial charge in [0.15, 0.2) is 0 Å². The molecule has 1 aliphatic rings. The van der Waals surface area contributed by atoms with E-state index in [1.165, 1.54) is 10.6 Å². The molecule has 0 aromatic heterocycles. The number of phenolic OH excluding ortho intramolecular Hbond substituents is 1. The molecule has 2 N–H and O–H groups in total. The van der Waals surface area contributed by atoms with Crippen molar-refractivity contribution in [3.8, 4) is 5.75 Å². The predicted molar refractivity (Wildman–Crippen MR) is 83.7 cm³/mol. The van der Waals surface area contributed by atoms with Crippen molar-refractivity contribution in [3.63, 3.8) is 0 Å². The molecule has 1 aromatic rings. The Bertz CT molecular complexity index is 566. The van der Waals surface area contributed by atoms with Crippen molar-refractivity contribution in [1.82, 2.24) is 9.62 Å². The van der Waals surface area contributed by atoms with Crippen molar-refractivity contribution in [1.29, 1.82) is 0 Å². The van der Waals surface area contributed by atoms with Crippen LogP contribution in [0.3, 0.4) is 0 Å². The molecule has 1 aromatic carbocycles. The lowest BCUT2D eigenvalue weighted by Gasteiger charge is -2.33. The summed E-state index contributed by atoms with van der Waals surface area (Å²) < 4.78 is 24.6. The van der Waals surface area contributed by atoms with Crippen LogP contribution in [0.15, 0.2) is 24.3 Å². The lowest BCUT2D eigenvalue weighted by molar-refractivity contribution is 0.271. The lowest BCUT2D eigenvalue weighted by atomic mass is 9.99. The first-order valence-electron chi connectivity index (χ1n) is 7.41. The Morgan fingerprint density at radius 2 is 1.95 bits per heavy atom. The first kappa shape index (κ1) is 16.3. The van der Waals surface area contributed by atoms with Gasteiger partial charge in [-0.25, -0.2) is 12.7 Å². The highest BCUT2D eigenvalue weighted by Crippen LogP contribution is 2.27. The Morgan fingerprint density at radius 3 is 2.48 bits per heavy atom. The van der Waals surface area contributed by atoms with Gasteiger partial charge in [-0.05, 0) is 25.3 Å². The number of aromatic hydroxyl groups is 1. The maximum Gasteiger partial charge on any atom is 0.211 e. The van der Waals surface area contributed by atoms with Crippen molar-refractivity contribution < 1.29 is 13.5 Å². The molecule has 1 fully saturated rings. The molecule has 6 heteroatoms. The topological polar surface area (TPSA) is 69.6 Å². The van der Waals surface area contributed by atoms with E-state index in [-0.39, 0.29) is 12.1 Å². The van der Waals surface area contributed by atoms with Crippen LogP contribution in [-0.4, -0.2) is 43.2 Å². The summed E-state index contributed by atoms with van der Waals surface area (Å²) in [5, 5.41) is 13.5. The molecule has 1 aliphatic heterocycles. The number of hydrogen-bond donors (Lipinski definition) is 2. The Hall–Kier alpha value is -1.11. The van der Waals surface area contributed by atoms with Gasteiger partial charge in [-0.2, -0.15) is 0 Å². The Morgan fingerprint density at radius 1 is 1.33 bits per heavy atom. The molecule has 0 aliphatic carbocycles. The average Bonchev–Trinajstić information content (AvgIpc) is 2.45. The second kappa shape index (κ2) is 6.77. The molecule has 0 spiro atoms. The van der Waals surface area contributed by atoms with E-state index in [1.807, 2.05) is 18.2 Å². The van der Waals surface area contributed by atoms with E-state index in [9.17, 15) is 13.5 Å². The smallest absolute Gasteiger partial charge is 0.211 e. The third kappa shape index (κ3) is 4.18. The van der Waals surface area contributed by atoms with Gasteiger partial charge in [0.25, 0.3) is 0 Å². The van der Waals surface area contributed by atoms with E-state index >= 15 is 0 Å². The van der Waals surface area contributed by atoms with Crippen molar-refractivity contribution in [3.05, 3.63) is 29.8 Å². The quantitative estimate of drug-likeness (QED) is 0.870. The van der Waals surface area contributed by atoms with Gasteiger partial charge >= 0.3 is 0 Å². The summed E-state index contributed by atoms with van der Waals surface area (Å²) in [7, 11) is -3.08. The first-order chi connectivity index (χ1) is 9.91. The Labute approximate surface area is 127 Å². The molecule has 1 unspecified atom stereocenters. The molecule has 1 atom stereocenters. The standard InChI is InChI=1S/C15H24N2O3S/c1-3-14(13-6-4-5-7-15(13)18)16-12-8-10-17(11-9-12)21(2,19)20/h4-7,12,14,16,18H,3,8-11H2,1-2H3. The first-order valence-corrected chi connectivity index (χ1v) is 9.25. The van der Waals surface area contributed by atoms with E-state index in [0.717, 1.165) is 24.8 Å². The maximum absolute atomic E-state index is 11.5. The number of hydrogen-bond acceptors (Lipinski definition) is 4. The van der Waals surface area contributed by atoms with Crippen LogP contribution in [0.2, 0.25) is 0 Å². The number of para-hydroxylation sites is 1. The van der Waals surface area contributed by atoms with Gasteiger partial charge in [-0.1, -0.05) is 25.1 Å². The van der Waals surface area contributed by atoms with Gasteiger partial charge in [-0.15, -0.1) is 0 Å². The molecule has 0 saturated carbocycles. The number of piperidine rings is 1. The summed E-state index contributed by atoms with van der Waals surface area (Å²) in [5.74, 6) is 0.311. The largest absolute Gasteiger partial charge is 0.508 e. The van der Waals surface area contributed by atoms with E-state index in [0.29, 0.717) is 18.8 Å². The fraction of sp³-hybridized carbons (Fsp3) is 0.600. The summed E-state index contributed by atoms with van der Waals surface area (Å²) >= 11 is 0. The number of nitrogens with one attached hydrogen (secondary N) is 1. The minimum atomic E-state index is -3.08. The summed E-state index contributed by atoms with van der Waals surface area (Å²) in [6.07, 6.45) is 3.75. The molecule has 0 radical (unpaired) electrons. The summed E-state index contributed by atoms with van der Waals surface area (Å²) in [5.41, 5.74) is 0.908. The van der Waals surface area contributed by atoms with Crippen LogP contribution >= 0.6 is 0 Å². The molecular formula is C15H24N2O3S. The van der Waals surface area contributed by atoms with E-state index in [1.54, 1.807) is 6.07 Å². The zero-order valence-corrected chi connectivity index (χ0v) is 13.4. The van der Waals surface area contributed by atoms with Gasteiger partial charge in [0, 0.05) is 30.7 Å². The van der Waals surface area contributed by atoms with E-state index in [4.69, 9.17) is 0 Å². The van der Waals surface area contributed by atoms with Crippen molar-refractivity contribution >= 4 is 10.0 Å². The van der Waals surface area contributed by atoms with Crippen LogP contribution in [0.1, 0.15) is 37.8 Å². The molecule has 5 nitrogen and oxygen atoms in total. The second-order valence-corrected chi connectivity index (χ2v) is 7.61. The average molecular weight is 312 g/mol. The molecule has 0 amide bonds. The third-order valence-electron chi connectivity index (χ3n) is 4.08. The number of phenols is 1. The highest BCUT2D eigenvalue weighted by molar-refractivity contribution is 7.88. The Balaban J connectivity index is 1.97. The minimum Gasteiger partial charge on any atom is -0.508 e. The number of benzene rings is 1. The zero-order chi connectivity index (χ0) is 15.5. The van der Waals surface area contributed by atoms with Crippen LogP contribution in [0.25, 0.3) is 0 Å². The third-order valence-corrected chi connectivity index (χ3v) is 5.38. The van der Waals surface area contributed by atoms with Crippen molar-refractivity contribution in [2.75, 3.05) is 19.3 Å². The Kier molecular flexibility index (Phi) is 5.24. The molecule has 2 rings (SSSR count). The summed E-state index contributed by atoms with van der Waals surface area (Å²) in [4.78, 5) is 0.